The van der Waals surface area contributed by atoms with Crippen LogP contribution < -0.4 is 0 Å². The summed E-state index contributed by atoms with van der Waals surface area (Å²) in [6.45, 7) is 3.51. The molecule has 1 unspecified atom stereocenters. The monoisotopic (exact) mass is 236 g/mol. The molecule has 0 fully saturated rings. The van der Waals surface area contributed by atoms with Crippen molar-refractivity contribution in [3.05, 3.63) is 35.9 Å². The summed E-state index contributed by atoms with van der Waals surface area (Å²) in [6.07, 6.45) is -0.378. The number of hydrogen-bond donors (Lipinski definition) is 2. The van der Waals surface area contributed by atoms with Crippen molar-refractivity contribution < 1.29 is 19.8 Å². The zero-order valence-electron chi connectivity index (χ0n) is 9.88. The van der Waals surface area contributed by atoms with Gasteiger partial charge in [-0.25, -0.2) is 0 Å². The Morgan fingerprint density at radius 2 is 1.71 bits per heavy atom. The number of aliphatic carboxylic acids is 2. The second-order valence-corrected chi connectivity index (χ2v) is 4.58. The van der Waals surface area contributed by atoms with Gasteiger partial charge >= 0.3 is 11.9 Å². The molecular weight excluding hydrogens is 220 g/mol. The first-order chi connectivity index (χ1) is 7.85. The molecule has 2 N–H and O–H groups in total. The molecule has 4 heteroatoms. The Morgan fingerprint density at radius 3 is 2.12 bits per heavy atom. The average Bonchev–Trinajstić information content (AvgIpc) is 2.26. The fourth-order valence-electron chi connectivity index (χ4n) is 1.89. The van der Waals surface area contributed by atoms with Gasteiger partial charge in [0.2, 0.25) is 0 Å². The molecule has 17 heavy (non-hydrogen) atoms. The molecule has 0 spiro atoms. The number of hydrogen-bond acceptors (Lipinski definition) is 2. The van der Waals surface area contributed by atoms with Crippen LogP contribution in [0.15, 0.2) is 30.3 Å². The second kappa shape index (κ2) is 4.99. The smallest absolute Gasteiger partial charge is 0.307 e. The van der Waals surface area contributed by atoms with Crippen LogP contribution in [-0.2, 0) is 15.0 Å². The van der Waals surface area contributed by atoms with Crippen LogP contribution in [0.25, 0.3) is 0 Å². The van der Waals surface area contributed by atoms with E-state index in [0.717, 1.165) is 5.56 Å². The molecule has 0 aliphatic rings. The molecule has 0 amide bonds. The van der Waals surface area contributed by atoms with E-state index >= 15 is 0 Å². The number of rotatable bonds is 5. The highest BCUT2D eigenvalue weighted by atomic mass is 16.4. The minimum absolute atomic E-state index is 0.378. The molecule has 1 atom stereocenters. The van der Waals surface area contributed by atoms with Crippen LogP contribution in [0.1, 0.15) is 25.8 Å². The van der Waals surface area contributed by atoms with E-state index in [0.29, 0.717) is 0 Å². The predicted molar refractivity (Wildman–Crippen MR) is 62.8 cm³/mol. The topological polar surface area (TPSA) is 74.6 Å². The molecule has 0 radical (unpaired) electrons. The largest absolute Gasteiger partial charge is 0.481 e. The van der Waals surface area contributed by atoms with Gasteiger partial charge in [0.1, 0.15) is 0 Å². The van der Waals surface area contributed by atoms with Crippen LogP contribution in [0.5, 0.6) is 0 Å². The van der Waals surface area contributed by atoms with Crippen molar-refractivity contribution in [2.45, 2.75) is 25.7 Å². The van der Waals surface area contributed by atoms with Gasteiger partial charge in [0, 0.05) is 5.41 Å². The van der Waals surface area contributed by atoms with E-state index in [2.05, 4.69) is 0 Å². The summed E-state index contributed by atoms with van der Waals surface area (Å²) in [5, 5.41) is 17.9. The Bertz CT molecular complexity index is 409. The first kappa shape index (κ1) is 13.2. The van der Waals surface area contributed by atoms with Crippen molar-refractivity contribution in [2.75, 3.05) is 0 Å². The van der Waals surface area contributed by atoms with E-state index in [9.17, 15) is 9.59 Å². The van der Waals surface area contributed by atoms with Crippen LogP contribution in [-0.4, -0.2) is 22.2 Å². The Balaban J connectivity index is 3.08. The lowest BCUT2D eigenvalue weighted by atomic mass is 9.72. The summed E-state index contributed by atoms with van der Waals surface area (Å²) < 4.78 is 0. The van der Waals surface area contributed by atoms with E-state index in [4.69, 9.17) is 10.2 Å². The number of carbonyl (C=O) groups is 2. The molecule has 0 saturated carbocycles. The molecule has 1 aromatic rings. The first-order valence-electron chi connectivity index (χ1n) is 5.36. The fourth-order valence-corrected chi connectivity index (χ4v) is 1.89. The molecule has 0 saturated heterocycles. The normalized spacial score (nSPS) is 13.1. The predicted octanol–water partition coefficient (Wildman–Crippen LogP) is 2.14. The molecule has 0 bridgehead atoms. The van der Waals surface area contributed by atoms with Crippen LogP contribution in [0, 0.1) is 5.92 Å². The third-order valence-electron chi connectivity index (χ3n) is 3.07. The summed E-state index contributed by atoms with van der Waals surface area (Å²) in [6, 6.07) is 9.11. The first-order valence-corrected chi connectivity index (χ1v) is 5.36. The van der Waals surface area contributed by atoms with E-state index in [1.165, 1.54) is 0 Å². The maximum Gasteiger partial charge on any atom is 0.307 e. The number of carboxylic acid groups (broad SMARTS) is 2. The van der Waals surface area contributed by atoms with Gasteiger partial charge in [0.25, 0.3) is 0 Å². The zero-order chi connectivity index (χ0) is 13.1. The van der Waals surface area contributed by atoms with Crippen molar-refractivity contribution in [3.8, 4) is 0 Å². The maximum atomic E-state index is 11.2. The van der Waals surface area contributed by atoms with E-state index in [1.807, 2.05) is 30.3 Å². The quantitative estimate of drug-likeness (QED) is 0.821. The van der Waals surface area contributed by atoms with Crippen molar-refractivity contribution in [3.63, 3.8) is 0 Å². The summed E-state index contributed by atoms with van der Waals surface area (Å²) in [5.41, 5.74) is 0.111. The highest BCUT2D eigenvalue weighted by molar-refractivity contribution is 5.79. The van der Waals surface area contributed by atoms with Crippen molar-refractivity contribution in [2.24, 2.45) is 5.92 Å². The van der Waals surface area contributed by atoms with Gasteiger partial charge in [0.15, 0.2) is 0 Å². The Labute approximate surface area is 99.9 Å². The van der Waals surface area contributed by atoms with E-state index in [1.54, 1.807) is 13.8 Å². The van der Waals surface area contributed by atoms with Crippen LogP contribution >= 0.6 is 0 Å². The van der Waals surface area contributed by atoms with Crippen molar-refractivity contribution in [1.82, 2.24) is 0 Å². The number of benzene rings is 1. The highest BCUT2D eigenvalue weighted by Gasteiger charge is 2.38. The van der Waals surface area contributed by atoms with Gasteiger partial charge in [-0.2, -0.15) is 0 Å². The number of carboxylic acids is 2. The lowest BCUT2D eigenvalue weighted by Gasteiger charge is -2.31. The standard InChI is InChI=1S/C13H16O4/c1-13(2,9-6-4-3-5-7-9)10(12(16)17)8-11(14)15/h3-7,10H,8H2,1-2H3,(H,14,15)(H,16,17). The summed E-state index contributed by atoms with van der Waals surface area (Å²) in [5.74, 6) is -3.12. The molecule has 1 aromatic carbocycles. The Hall–Kier alpha value is -1.84. The third kappa shape index (κ3) is 3.06. The van der Waals surface area contributed by atoms with Gasteiger partial charge < -0.3 is 10.2 Å². The minimum Gasteiger partial charge on any atom is -0.481 e. The lowest BCUT2D eigenvalue weighted by molar-refractivity contribution is -0.150. The highest BCUT2D eigenvalue weighted by Crippen LogP contribution is 2.34. The molecule has 0 aliphatic heterocycles. The average molecular weight is 236 g/mol. The molecule has 4 nitrogen and oxygen atoms in total. The van der Waals surface area contributed by atoms with Gasteiger partial charge in [-0.15, -0.1) is 0 Å². The van der Waals surface area contributed by atoms with Crippen molar-refractivity contribution >= 4 is 11.9 Å². The lowest BCUT2D eigenvalue weighted by Crippen LogP contribution is -2.36. The molecular formula is C13H16O4. The van der Waals surface area contributed by atoms with Crippen LogP contribution in [0.3, 0.4) is 0 Å². The fraction of sp³-hybridized carbons (Fsp3) is 0.385. The second-order valence-electron chi connectivity index (χ2n) is 4.58. The van der Waals surface area contributed by atoms with Crippen LogP contribution in [0.2, 0.25) is 0 Å². The molecule has 92 valence electrons. The Kier molecular flexibility index (Phi) is 3.89. The molecule has 0 heterocycles. The van der Waals surface area contributed by atoms with Crippen molar-refractivity contribution in [1.29, 1.82) is 0 Å². The van der Waals surface area contributed by atoms with Gasteiger partial charge in [-0.05, 0) is 5.56 Å². The van der Waals surface area contributed by atoms with Gasteiger partial charge in [-0.3, -0.25) is 9.59 Å². The van der Waals surface area contributed by atoms with E-state index < -0.39 is 23.3 Å². The molecule has 0 aromatic heterocycles. The van der Waals surface area contributed by atoms with Crippen LogP contribution in [0.4, 0.5) is 0 Å². The third-order valence-corrected chi connectivity index (χ3v) is 3.07. The van der Waals surface area contributed by atoms with Gasteiger partial charge in [0.05, 0.1) is 12.3 Å². The summed E-state index contributed by atoms with van der Waals surface area (Å²) >= 11 is 0. The van der Waals surface area contributed by atoms with Gasteiger partial charge in [-0.1, -0.05) is 44.2 Å². The molecule has 0 aliphatic carbocycles. The maximum absolute atomic E-state index is 11.2. The summed E-state index contributed by atoms with van der Waals surface area (Å²) in [4.78, 5) is 21.9. The minimum atomic E-state index is -1.10. The SMILES string of the molecule is CC(C)(c1ccccc1)C(CC(=O)O)C(=O)O. The zero-order valence-corrected chi connectivity index (χ0v) is 9.88. The Morgan fingerprint density at radius 1 is 1.18 bits per heavy atom. The van der Waals surface area contributed by atoms with E-state index in [-0.39, 0.29) is 6.42 Å². The summed E-state index contributed by atoms with van der Waals surface area (Å²) in [7, 11) is 0. The molecule has 1 rings (SSSR count).